The largest absolute Gasteiger partial charge is 0.508 e. The van der Waals surface area contributed by atoms with E-state index in [4.69, 9.17) is 16.0 Å². The van der Waals surface area contributed by atoms with Gasteiger partial charge >= 0.3 is 0 Å². The van der Waals surface area contributed by atoms with Crippen LogP contribution in [0.2, 0.25) is 5.02 Å². The molecule has 1 heterocycles. The molecule has 0 aliphatic rings. The van der Waals surface area contributed by atoms with Crippen molar-refractivity contribution < 1.29 is 13.9 Å². The molecule has 1 aromatic heterocycles. The van der Waals surface area contributed by atoms with Gasteiger partial charge in [0.15, 0.2) is 5.58 Å². The summed E-state index contributed by atoms with van der Waals surface area (Å²) in [5.41, 5.74) is 1.03. The molecular formula is C14H8ClFO2. The first-order chi connectivity index (χ1) is 8.63. The highest BCUT2D eigenvalue weighted by Crippen LogP contribution is 2.33. The van der Waals surface area contributed by atoms with Crippen LogP contribution in [0.4, 0.5) is 4.39 Å². The van der Waals surface area contributed by atoms with Crippen molar-refractivity contribution in [2.24, 2.45) is 0 Å². The average molecular weight is 263 g/mol. The minimum absolute atomic E-state index is 0.142. The zero-order valence-corrected chi connectivity index (χ0v) is 9.91. The van der Waals surface area contributed by atoms with Crippen molar-refractivity contribution >= 4 is 22.6 Å². The van der Waals surface area contributed by atoms with Crippen molar-refractivity contribution in [3.8, 4) is 17.1 Å². The molecule has 0 fully saturated rings. The van der Waals surface area contributed by atoms with Crippen molar-refractivity contribution in [2.45, 2.75) is 0 Å². The van der Waals surface area contributed by atoms with Gasteiger partial charge in [-0.3, -0.25) is 0 Å². The fraction of sp³-hybridized carbons (Fsp3) is 0. The Hall–Kier alpha value is -2.00. The van der Waals surface area contributed by atoms with Gasteiger partial charge in [-0.2, -0.15) is 0 Å². The number of fused-ring (bicyclic) bond motifs is 1. The Balaban J connectivity index is 2.22. The van der Waals surface area contributed by atoms with Crippen LogP contribution in [0.25, 0.3) is 22.3 Å². The van der Waals surface area contributed by atoms with Crippen molar-refractivity contribution in [2.75, 3.05) is 0 Å². The second-order valence-electron chi connectivity index (χ2n) is 3.97. The molecule has 2 aromatic carbocycles. The van der Waals surface area contributed by atoms with Gasteiger partial charge in [0.05, 0.1) is 5.02 Å². The van der Waals surface area contributed by atoms with Gasteiger partial charge in [-0.15, -0.1) is 0 Å². The highest BCUT2D eigenvalue weighted by atomic mass is 35.5. The third-order valence-corrected chi connectivity index (χ3v) is 2.96. The predicted molar refractivity (Wildman–Crippen MR) is 68.3 cm³/mol. The molecule has 1 N–H and O–H groups in total. The van der Waals surface area contributed by atoms with E-state index in [1.165, 1.54) is 12.1 Å². The summed E-state index contributed by atoms with van der Waals surface area (Å²) >= 11 is 6.00. The Kier molecular flexibility index (Phi) is 2.49. The second-order valence-corrected chi connectivity index (χ2v) is 4.37. The van der Waals surface area contributed by atoms with E-state index in [2.05, 4.69) is 0 Å². The Morgan fingerprint density at radius 1 is 1.11 bits per heavy atom. The summed E-state index contributed by atoms with van der Waals surface area (Å²) in [6.07, 6.45) is 0. The fourth-order valence-electron chi connectivity index (χ4n) is 1.89. The Labute approximate surface area is 107 Å². The zero-order chi connectivity index (χ0) is 12.7. The summed E-state index contributed by atoms with van der Waals surface area (Å²) in [7, 11) is 0. The number of benzene rings is 2. The number of rotatable bonds is 1. The van der Waals surface area contributed by atoms with E-state index < -0.39 is 5.82 Å². The van der Waals surface area contributed by atoms with Crippen LogP contribution in [0.15, 0.2) is 46.9 Å². The minimum Gasteiger partial charge on any atom is -0.508 e. The van der Waals surface area contributed by atoms with Gasteiger partial charge in [0.25, 0.3) is 0 Å². The normalized spacial score (nSPS) is 11.0. The third-order valence-electron chi connectivity index (χ3n) is 2.66. The molecule has 4 heteroatoms. The lowest BCUT2D eigenvalue weighted by Gasteiger charge is -1.98. The van der Waals surface area contributed by atoms with Crippen molar-refractivity contribution in [1.29, 1.82) is 0 Å². The molecule has 0 unspecified atom stereocenters. The SMILES string of the molecule is Oc1cc(F)cc(-c2cc3cccc(Cl)c3o2)c1. The first kappa shape index (κ1) is 11.1. The van der Waals surface area contributed by atoms with Crippen molar-refractivity contribution in [3.63, 3.8) is 0 Å². The number of para-hydroxylation sites is 1. The standard InChI is InChI=1S/C14H8ClFO2/c15-12-3-1-2-8-6-13(18-14(8)12)9-4-10(16)7-11(17)5-9/h1-7,17H. The van der Waals surface area contributed by atoms with Crippen LogP contribution in [0.5, 0.6) is 5.75 Å². The Morgan fingerprint density at radius 2 is 1.94 bits per heavy atom. The fourth-order valence-corrected chi connectivity index (χ4v) is 2.11. The van der Waals surface area contributed by atoms with E-state index in [9.17, 15) is 9.50 Å². The average Bonchev–Trinajstić information content (AvgIpc) is 2.73. The van der Waals surface area contributed by atoms with Gasteiger partial charge in [-0.1, -0.05) is 23.7 Å². The maximum atomic E-state index is 13.2. The molecule has 0 radical (unpaired) electrons. The number of aromatic hydroxyl groups is 1. The van der Waals surface area contributed by atoms with Gasteiger partial charge in [0.1, 0.15) is 17.3 Å². The molecule has 0 atom stereocenters. The molecule has 0 saturated heterocycles. The molecule has 3 aromatic rings. The molecule has 2 nitrogen and oxygen atoms in total. The molecule has 0 amide bonds. The van der Waals surface area contributed by atoms with E-state index in [1.807, 2.05) is 12.1 Å². The van der Waals surface area contributed by atoms with Crippen LogP contribution in [0.1, 0.15) is 0 Å². The summed E-state index contributed by atoms with van der Waals surface area (Å²) in [6, 6.07) is 10.9. The monoisotopic (exact) mass is 262 g/mol. The predicted octanol–water partition coefficient (Wildman–Crippen LogP) is 4.60. The van der Waals surface area contributed by atoms with Crippen LogP contribution in [-0.2, 0) is 0 Å². The van der Waals surface area contributed by atoms with E-state index in [1.54, 1.807) is 12.1 Å². The zero-order valence-electron chi connectivity index (χ0n) is 9.15. The summed E-state index contributed by atoms with van der Waals surface area (Å²) in [6.45, 7) is 0. The molecule has 90 valence electrons. The first-order valence-electron chi connectivity index (χ1n) is 5.31. The molecule has 18 heavy (non-hydrogen) atoms. The summed E-state index contributed by atoms with van der Waals surface area (Å²) < 4.78 is 18.8. The third kappa shape index (κ3) is 1.83. The maximum Gasteiger partial charge on any atom is 0.153 e. The van der Waals surface area contributed by atoms with Crippen LogP contribution in [0.3, 0.4) is 0 Å². The van der Waals surface area contributed by atoms with Gasteiger partial charge in [0, 0.05) is 17.0 Å². The molecule has 0 saturated carbocycles. The lowest BCUT2D eigenvalue weighted by molar-refractivity contribution is 0.469. The van der Waals surface area contributed by atoms with Crippen LogP contribution in [-0.4, -0.2) is 5.11 Å². The number of hydrogen-bond acceptors (Lipinski definition) is 2. The molecule has 0 aliphatic heterocycles. The van der Waals surface area contributed by atoms with Gasteiger partial charge in [-0.05, 0) is 24.3 Å². The Morgan fingerprint density at radius 3 is 2.67 bits per heavy atom. The van der Waals surface area contributed by atoms with Gasteiger partial charge < -0.3 is 9.52 Å². The van der Waals surface area contributed by atoms with Crippen molar-refractivity contribution in [1.82, 2.24) is 0 Å². The summed E-state index contributed by atoms with van der Waals surface area (Å²) in [4.78, 5) is 0. The molecule has 0 spiro atoms. The van der Waals surface area contributed by atoms with Gasteiger partial charge in [0.2, 0.25) is 0 Å². The summed E-state index contributed by atoms with van der Waals surface area (Å²) in [5.74, 6) is -0.194. The number of halogens is 2. The molecule has 0 aliphatic carbocycles. The summed E-state index contributed by atoms with van der Waals surface area (Å²) in [5, 5.41) is 10.7. The van der Waals surface area contributed by atoms with Gasteiger partial charge in [-0.25, -0.2) is 4.39 Å². The highest BCUT2D eigenvalue weighted by molar-refractivity contribution is 6.34. The lowest BCUT2D eigenvalue weighted by atomic mass is 10.1. The maximum absolute atomic E-state index is 13.2. The Bertz CT molecular complexity index is 713. The van der Waals surface area contributed by atoms with Crippen LogP contribution in [0, 0.1) is 5.82 Å². The smallest absolute Gasteiger partial charge is 0.153 e. The quantitative estimate of drug-likeness (QED) is 0.695. The van der Waals surface area contributed by atoms with Crippen LogP contribution < -0.4 is 0 Å². The van der Waals surface area contributed by atoms with E-state index in [0.717, 1.165) is 11.5 Å². The number of furan rings is 1. The van der Waals surface area contributed by atoms with Crippen molar-refractivity contribution in [3.05, 3.63) is 53.3 Å². The second kappa shape index (κ2) is 4.03. The highest BCUT2D eigenvalue weighted by Gasteiger charge is 2.10. The lowest BCUT2D eigenvalue weighted by Crippen LogP contribution is -1.78. The van der Waals surface area contributed by atoms with E-state index >= 15 is 0 Å². The van der Waals surface area contributed by atoms with E-state index in [0.29, 0.717) is 21.9 Å². The number of phenolic OH excluding ortho intramolecular Hbond substituents is 1. The number of hydrogen-bond donors (Lipinski definition) is 1. The molecule has 0 bridgehead atoms. The van der Waals surface area contributed by atoms with E-state index in [-0.39, 0.29) is 5.75 Å². The molecule has 3 rings (SSSR count). The molecular weight excluding hydrogens is 255 g/mol. The number of phenols is 1. The first-order valence-corrected chi connectivity index (χ1v) is 5.69. The minimum atomic E-state index is -0.517. The van der Waals surface area contributed by atoms with Crippen LogP contribution >= 0.6 is 11.6 Å². The topological polar surface area (TPSA) is 33.4 Å².